The minimum Gasteiger partial charge on any atom is -0.491 e. The van der Waals surface area contributed by atoms with Crippen molar-refractivity contribution in [3.8, 4) is 5.75 Å². The first-order valence-corrected chi connectivity index (χ1v) is 14.2. The maximum atomic E-state index is 11.5. The lowest BCUT2D eigenvalue weighted by Gasteiger charge is -2.29. The molecule has 1 rings (SSSR count). The molecule has 0 aromatic heterocycles. The van der Waals surface area contributed by atoms with Gasteiger partial charge in [-0.2, -0.15) is 0 Å². The summed E-state index contributed by atoms with van der Waals surface area (Å²) in [5.41, 5.74) is 7.99. The molecule has 0 radical (unpaired) electrons. The van der Waals surface area contributed by atoms with Crippen LogP contribution in [0.1, 0.15) is 65.5 Å². The van der Waals surface area contributed by atoms with E-state index in [4.69, 9.17) is 15.6 Å². The van der Waals surface area contributed by atoms with Crippen LogP contribution in [-0.4, -0.2) is 66.6 Å². The van der Waals surface area contributed by atoms with Crippen LogP contribution in [-0.2, 0) is 26.5 Å². The lowest BCUT2D eigenvalue weighted by Crippen LogP contribution is -2.39. The maximum Gasteiger partial charge on any atom is 0.306 e. The predicted molar refractivity (Wildman–Crippen MR) is 138 cm³/mol. The standard InChI is InChI=1S/C26H45NO7S/c1-16(2)19(13-22(27)23(29)10-17(3)25(30)31)11-18-8-9-21(26(4,5)6)24(12-18)34-14-20(28)15-35(7,32)33/h8-9,12,16-17,19-20,22-23,28-29H,10-11,13-15,27H2,1-7H3,(H,30,31). The van der Waals surface area contributed by atoms with Crippen molar-refractivity contribution in [3.63, 3.8) is 0 Å². The number of benzene rings is 1. The average molecular weight is 516 g/mol. The molecule has 0 aliphatic carbocycles. The van der Waals surface area contributed by atoms with Gasteiger partial charge < -0.3 is 25.8 Å². The summed E-state index contributed by atoms with van der Waals surface area (Å²) in [7, 11) is -3.33. The van der Waals surface area contributed by atoms with E-state index < -0.39 is 40.0 Å². The highest BCUT2D eigenvalue weighted by atomic mass is 32.2. The highest BCUT2D eigenvalue weighted by molar-refractivity contribution is 7.90. The van der Waals surface area contributed by atoms with Crippen LogP contribution in [0.25, 0.3) is 0 Å². The van der Waals surface area contributed by atoms with Gasteiger partial charge in [-0.15, -0.1) is 0 Å². The Balaban J connectivity index is 3.04. The van der Waals surface area contributed by atoms with Crippen molar-refractivity contribution in [3.05, 3.63) is 29.3 Å². The van der Waals surface area contributed by atoms with Crippen LogP contribution in [0, 0.1) is 17.8 Å². The first kappa shape index (κ1) is 31.4. The summed E-state index contributed by atoms with van der Waals surface area (Å²) in [6.07, 6.45) is 0.371. The SMILES string of the molecule is CC(CC(O)C(N)CC(Cc1ccc(C(C)(C)C)c(OCC(O)CS(C)(=O)=O)c1)C(C)C)C(=O)O. The van der Waals surface area contributed by atoms with E-state index in [1.54, 1.807) is 6.92 Å². The molecule has 35 heavy (non-hydrogen) atoms. The van der Waals surface area contributed by atoms with Crippen molar-refractivity contribution >= 4 is 15.8 Å². The molecule has 202 valence electrons. The number of ether oxygens (including phenoxy) is 1. The summed E-state index contributed by atoms with van der Waals surface area (Å²) in [6.45, 7) is 11.8. The minimum absolute atomic E-state index is 0.107. The zero-order valence-corrected chi connectivity index (χ0v) is 23.0. The topological polar surface area (TPSA) is 147 Å². The number of rotatable bonds is 14. The summed E-state index contributed by atoms with van der Waals surface area (Å²) >= 11 is 0. The normalized spacial score (nSPS) is 17.0. The van der Waals surface area contributed by atoms with Crippen LogP contribution >= 0.6 is 0 Å². The first-order valence-electron chi connectivity index (χ1n) is 12.2. The lowest BCUT2D eigenvalue weighted by atomic mass is 9.81. The number of carboxylic acids is 1. The molecule has 9 heteroatoms. The van der Waals surface area contributed by atoms with Crippen LogP contribution in [0.15, 0.2) is 18.2 Å². The van der Waals surface area contributed by atoms with Crippen LogP contribution in [0.3, 0.4) is 0 Å². The molecule has 0 fully saturated rings. The summed E-state index contributed by atoms with van der Waals surface area (Å²) in [5.74, 6) is -0.976. The van der Waals surface area contributed by atoms with Gasteiger partial charge in [-0.25, -0.2) is 8.42 Å². The Hall–Kier alpha value is -1.68. The quantitative estimate of drug-likeness (QED) is 0.296. The van der Waals surface area contributed by atoms with Gasteiger partial charge in [0.2, 0.25) is 0 Å². The Labute approximate surface area is 210 Å². The molecule has 0 heterocycles. The van der Waals surface area contributed by atoms with Crippen molar-refractivity contribution in [2.24, 2.45) is 23.5 Å². The van der Waals surface area contributed by atoms with Gasteiger partial charge in [0.05, 0.1) is 17.8 Å². The van der Waals surface area contributed by atoms with Crippen molar-refractivity contribution in [1.82, 2.24) is 0 Å². The molecule has 5 N–H and O–H groups in total. The van der Waals surface area contributed by atoms with Crippen LogP contribution in [0.4, 0.5) is 0 Å². The van der Waals surface area contributed by atoms with Crippen molar-refractivity contribution < 1.29 is 33.3 Å². The second kappa shape index (κ2) is 13.0. The number of aliphatic hydroxyl groups excluding tert-OH is 2. The summed E-state index contributed by atoms with van der Waals surface area (Å²) < 4.78 is 28.9. The molecular formula is C26H45NO7S. The highest BCUT2D eigenvalue weighted by Crippen LogP contribution is 2.34. The van der Waals surface area contributed by atoms with Gasteiger partial charge >= 0.3 is 5.97 Å². The van der Waals surface area contributed by atoms with E-state index in [0.717, 1.165) is 17.4 Å². The Bertz CT molecular complexity index is 924. The number of hydrogen-bond acceptors (Lipinski definition) is 7. The van der Waals surface area contributed by atoms with Gasteiger partial charge in [0.1, 0.15) is 28.3 Å². The van der Waals surface area contributed by atoms with Gasteiger partial charge in [-0.3, -0.25) is 4.79 Å². The molecule has 1 aromatic carbocycles. The van der Waals surface area contributed by atoms with Gasteiger partial charge in [-0.05, 0) is 53.7 Å². The van der Waals surface area contributed by atoms with Gasteiger partial charge in [0, 0.05) is 12.3 Å². The third-order valence-electron chi connectivity index (χ3n) is 6.31. The minimum atomic E-state index is -3.33. The Morgan fingerprint density at radius 2 is 1.71 bits per heavy atom. The molecule has 5 unspecified atom stereocenters. The largest absolute Gasteiger partial charge is 0.491 e. The van der Waals surface area contributed by atoms with E-state index in [9.17, 15) is 23.4 Å². The smallest absolute Gasteiger partial charge is 0.306 e. The zero-order valence-electron chi connectivity index (χ0n) is 22.2. The van der Waals surface area contributed by atoms with E-state index in [0.29, 0.717) is 18.6 Å². The lowest BCUT2D eigenvalue weighted by molar-refractivity contribution is -0.142. The molecule has 0 aliphatic rings. The third-order valence-corrected chi connectivity index (χ3v) is 7.30. The number of hydrogen-bond donors (Lipinski definition) is 4. The molecule has 1 aromatic rings. The fourth-order valence-corrected chi connectivity index (χ4v) is 4.85. The fourth-order valence-electron chi connectivity index (χ4n) is 4.05. The molecule has 0 bridgehead atoms. The molecule has 0 aliphatic heterocycles. The Kier molecular flexibility index (Phi) is 11.7. The Morgan fingerprint density at radius 3 is 2.20 bits per heavy atom. The molecule has 8 nitrogen and oxygen atoms in total. The Morgan fingerprint density at radius 1 is 1.11 bits per heavy atom. The van der Waals surface area contributed by atoms with E-state index >= 15 is 0 Å². The molecule has 0 amide bonds. The fraction of sp³-hybridized carbons (Fsp3) is 0.731. The van der Waals surface area contributed by atoms with E-state index in [1.807, 2.05) is 18.2 Å². The second-order valence-electron chi connectivity index (χ2n) is 11.3. The highest BCUT2D eigenvalue weighted by Gasteiger charge is 2.27. The van der Waals surface area contributed by atoms with Crippen molar-refractivity contribution in [1.29, 1.82) is 0 Å². The monoisotopic (exact) mass is 515 g/mol. The molecular weight excluding hydrogens is 470 g/mol. The third kappa shape index (κ3) is 11.3. The van der Waals surface area contributed by atoms with Crippen LogP contribution < -0.4 is 10.5 Å². The van der Waals surface area contributed by atoms with Gasteiger partial charge in [0.15, 0.2) is 0 Å². The first-order chi connectivity index (χ1) is 15.9. The maximum absolute atomic E-state index is 11.5. The number of nitrogens with two attached hydrogens (primary N) is 1. The van der Waals surface area contributed by atoms with E-state index in [2.05, 4.69) is 34.6 Å². The number of carboxylic acid groups (broad SMARTS) is 1. The molecule has 0 saturated carbocycles. The predicted octanol–water partition coefficient (Wildman–Crippen LogP) is 2.77. The van der Waals surface area contributed by atoms with E-state index in [1.165, 1.54) is 0 Å². The van der Waals surface area contributed by atoms with Crippen LogP contribution in [0.2, 0.25) is 0 Å². The van der Waals surface area contributed by atoms with Gasteiger partial charge in [0.25, 0.3) is 0 Å². The summed E-state index contributed by atoms with van der Waals surface area (Å²) in [4.78, 5) is 11.1. The number of aliphatic carboxylic acids is 1. The molecule has 5 atom stereocenters. The summed E-state index contributed by atoms with van der Waals surface area (Å²) in [6, 6.07) is 5.41. The summed E-state index contributed by atoms with van der Waals surface area (Å²) in [5, 5.41) is 29.6. The molecule has 0 spiro atoms. The van der Waals surface area contributed by atoms with Gasteiger partial charge in [-0.1, -0.05) is 53.7 Å². The van der Waals surface area contributed by atoms with Crippen molar-refractivity contribution in [2.45, 2.75) is 84.5 Å². The van der Waals surface area contributed by atoms with Crippen molar-refractivity contribution in [2.75, 3.05) is 18.6 Å². The average Bonchev–Trinajstić information content (AvgIpc) is 2.69. The molecule has 0 saturated heterocycles. The van der Waals surface area contributed by atoms with E-state index in [-0.39, 0.29) is 36.0 Å². The van der Waals surface area contributed by atoms with Crippen LogP contribution in [0.5, 0.6) is 5.75 Å². The number of carbonyl (C=O) groups is 1. The number of sulfone groups is 1. The number of aliphatic hydroxyl groups is 2. The second-order valence-corrected chi connectivity index (χ2v) is 13.5. The zero-order chi connectivity index (χ0) is 27.1.